The molecule has 1 fully saturated rings. The Hall–Kier alpha value is -5.84. The molecule has 0 aliphatic carbocycles. The fourth-order valence-corrected chi connectivity index (χ4v) is 9.55. The van der Waals surface area contributed by atoms with Crippen molar-refractivity contribution in [2.75, 3.05) is 56.7 Å². The Morgan fingerprint density at radius 2 is 1.38 bits per heavy atom. The summed E-state index contributed by atoms with van der Waals surface area (Å²) in [6, 6.07) is 0.359. The molecule has 1 unspecified atom stereocenters. The number of guanidine groups is 1. The van der Waals surface area contributed by atoms with Crippen molar-refractivity contribution in [1.82, 2.24) is 47.9 Å². The highest BCUT2D eigenvalue weighted by atomic mass is 32.2. The van der Waals surface area contributed by atoms with Crippen LogP contribution in [0.2, 0.25) is 0 Å². The Kier molecular flexibility index (Phi) is 30.4. The minimum absolute atomic E-state index is 0.0219. The van der Waals surface area contributed by atoms with Gasteiger partial charge >= 0.3 is 5.97 Å². The second-order valence-electron chi connectivity index (χ2n) is 19.8. The zero-order valence-electron chi connectivity index (χ0n) is 45.1. The number of carboxylic acids is 1. The first kappa shape index (κ1) is 67.3. The highest BCUT2D eigenvalue weighted by molar-refractivity contribution is 8.01. The predicted octanol–water partition coefficient (Wildman–Crippen LogP) is -1.68. The number of ether oxygens (including phenoxy) is 1. The first-order valence-electron chi connectivity index (χ1n) is 25.4. The van der Waals surface area contributed by atoms with E-state index in [-0.39, 0.29) is 74.1 Å². The number of thioether (sulfide) groups is 3. The molecule has 1 aromatic rings. The fraction of sp³-hybridized carbons (Fsp3) is 0.653. The third-order valence-electron chi connectivity index (χ3n) is 10.8. The summed E-state index contributed by atoms with van der Waals surface area (Å²) in [7, 11) is 0. The number of carbonyl (C=O) groups excluding carboxylic acids is 9. The fourth-order valence-electron chi connectivity index (χ4n) is 6.93. The van der Waals surface area contributed by atoms with Crippen molar-refractivity contribution in [3.8, 4) is 0 Å². The first-order chi connectivity index (χ1) is 36.2. The second kappa shape index (κ2) is 34.8. The van der Waals surface area contributed by atoms with Crippen molar-refractivity contribution in [2.24, 2.45) is 22.2 Å². The molecule has 1 saturated heterocycles. The third-order valence-corrected chi connectivity index (χ3v) is 14.6. The molecule has 0 radical (unpaired) electrons. The van der Waals surface area contributed by atoms with Crippen LogP contribution in [0, 0.1) is 0 Å². The van der Waals surface area contributed by atoms with E-state index >= 15 is 0 Å². The zero-order valence-corrected chi connectivity index (χ0v) is 47.5. The number of nitrogens with two attached hydrogens (primary N) is 3. The van der Waals surface area contributed by atoms with Gasteiger partial charge in [-0.1, -0.05) is 71.9 Å². The Bertz CT molecular complexity index is 2160. The number of benzene rings is 1. The van der Waals surface area contributed by atoms with Crippen LogP contribution in [0.1, 0.15) is 92.6 Å². The molecule has 432 valence electrons. The second-order valence-corrected chi connectivity index (χ2v) is 24.5. The lowest BCUT2D eigenvalue weighted by atomic mass is 10.0. The molecular weight excluding hydrogens is 1060 g/mol. The van der Waals surface area contributed by atoms with Crippen LogP contribution >= 0.6 is 35.3 Å². The molecule has 0 saturated carbocycles. The summed E-state index contributed by atoms with van der Waals surface area (Å²) >= 11 is 3.29. The molecule has 1 aliphatic rings. The van der Waals surface area contributed by atoms with E-state index in [1.165, 1.54) is 23.5 Å². The lowest BCUT2D eigenvalue weighted by molar-refractivity contribution is -0.141. The Balaban J connectivity index is 2.71. The van der Waals surface area contributed by atoms with Gasteiger partial charge in [-0.3, -0.25) is 52.9 Å². The summed E-state index contributed by atoms with van der Waals surface area (Å²) in [6.07, 6.45) is -0.139. The van der Waals surface area contributed by atoms with E-state index in [0.29, 0.717) is 36.8 Å². The normalized spacial score (nSPS) is 20.3. The number of carboxylic acid groups (broad SMARTS) is 1. The SMILES string of the molecule is CCOCCNC(=O)[C@H](CSC(C)(C)C)NC(=O)[C@H](Cc1ccccc1)NC(=O)C1NC(=O)[C@H](CC(=O)O)NC(=O)CNC(=O)[C@H](CCCN=C(N)N)NC(=O)[C@H](CSC(C)(C)C)NC(=O)[C@H](CCCCN)NC(=O)CS1. The predicted molar refractivity (Wildman–Crippen MR) is 298 cm³/mol. The van der Waals surface area contributed by atoms with Crippen LogP contribution < -0.4 is 65.1 Å². The summed E-state index contributed by atoms with van der Waals surface area (Å²) in [5.74, 6) is -9.99. The molecule has 0 spiro atoms. The molecule has 77 heavy (non-hydrogen) atoms. The quantitative estimate of drug-likeness (QED) is 0.0295. The maximum Gasteiger partial charge on any atom is 0.305 e. The highest BCUT2D eigenvalue weighted by Gasteiger charge is 2.36. The summed E-state index contributed by atoms with van der Waals surface area (Å²) in [5, 5.41) is 31.3. The number of hydrogen-bond acceptors (Lipinski definition) is 16. The minimum atomic E-state index is -1.87. The van der Waals surface area contributed by atoms with E-state index in [2.05, 4.69) is 52.8 Å². The monoisotopic (exact) mass is 1140 g/mol. The summed E-state index contributed by atoms with van der Waals surface area (Å²) in [4.78, 5) is 142. The summed E-state index contributed by atoms with van der Waals surface area (Å²) in [5.41, 5.74) is 17.3. The van der Waals surface area contributed by atoms with E-state index in [4.69, 9.17) is 21.9 Å². The van der Waals surface area contributed by atoms with Crippen molar-refractivity contribution >= 4 is 100 Å². The minimum Gasteiger partial charge on any atom is -0.481 e. The van der Waals surface area contributed by atoms with Gasteiger partial charge in [-0.25, -0.2) is 0 Å². The molecule has 0 bridgehead atoms. The summed E-state index contributed by atoms with van der Waals surface area (Å²) in [6.45, 7) is 13.6. The van der Waals surface area contributed by atoms with E-state index in [1.54, 1.807) is 37.3 Å². The van der Waals surface area contributed by atoms with Crippen LogP contribution in [0.15, 0.2) is 35.3 Å². The number of unbranched alkanes of at least 4 members (excludes halogenated alkanes) is 1. The number of rotatable bonds is 25. The average molecular weight is 1140 g/mol. The van der Waals surface area contributed by atoms with Gasteiger partial charge in [-0.05, 0) is 51.1 Å². The highest BCUT2D eigenvalue weighted by Crippen LogP contribution is 2.25. The van der Waals surface area contributed by atoms with Crippen LogP contribution in [0.5, 0.6) is 0 Å². The van der Waals surface area contributed by atoms with Crippen molar-refractivity contribution < 1.29 is 57.8 Å². The molecule has 16 N–H and O–H groups in total. The Labute approximate surface area is 463 Å². The lowest BCUT2D eigenvalue weighted by Crippen LogP contribution is -2.60. The molecule has 25 nitrogen and oxygen atoms in total. The summed E-state index contributed by atoms with van der Waals surface area (Å²) < 4.78 is 4.63. The van der Waals surface area contributed by atoms with E-state index in [9.17, 15) is 53.1 Å². The van der Waals surface area contributed by atoms with Gasteiger partial charge in [0, 0.05) is 47.1 Å². The zero-order chi connectivity index (χ0) is 57.7. The van der Waals surface area contributed by atoms with Crippen LogP contribution in [0.25, 0.3) is 0 Å². The number of nitrogens with one attached hydrogen (secondary N) is 9. The van der Waals surface area contributed by atoms with Crippen molar-refractivity contribution in [2.45, 2.75) is 145 Å². The smallest absolute Gasteiger partial charge is 0.305 e. The third kappa shape index (κ3) is 28.9. The van der Waals surface area contributed by atoms with Crippen molar-refractivity contribution in [1.29, 1.82) is 0 Å². The number of amides is 9. The molecule has 9 amide bonds. The molecule has 2 rings (SSSR count). The molecule has 1 aromatic carbocycles. The largest absolute Gasteiger partial charge is 0.481 e. The number of nitrogens with zero attached hydrogens (tertiary/aromatic N) is 1. The van der Waals surface area contributed by atoms with Gasteiger partial charge in [0.2, 0.25) is 47.3 Å². The van der Waals surface area contributed by atoms with Crippen LogP contribution in [0.3, 0.4) is 0 Å². The van der Waals surface area contributed by atoms with Crippen LogP contribution in [0.4, 0.5) is 0 Å². The standard InChI is InChI=1S/C49H81N13O12S3/c1-8-74-22-21-53-40(68)34(26-76-48(2,3)4)60-42(70)32(23-29-15-10-9-11-16-29)59-45(73)46-62-43(71)33(24-38(65)66)57-36(63)25-55-39(67)30(18-14-20-54-47(51)52)58-44(72)35(27-77-49(5,6)7)61-41(69)31(17-12-13-19-50)56-37(64)28-75-46/h9-11,15-16,30-35,46H,8,12-14,17-28,50H2,1-7H3,(H,53,68)(H,55,67)(H,56,64)(H,57,63)(H,58,72)(H,59,73)(H,60,70)(H,61,69)(H,62,71)(H,65,66)(H4,51,52,54)/t30-,31-,32-,33-,34-,35-,46?/m0/s1. The van der Waals surface area contributed by atoms with Gasteiger partial charge in [0.25, 0.3) is 5.91 Å². The molecule has 1 heterocycles. The van der Waals surface area contributed by atoms with Gasteiger partial charge in [-0.15, -0.1) is 11.8 Å². The maximum absolute atomic E-state index is 14.6. The van der Waals surface area contributed by atoms with E-state index < -0.39 is 124 Å². The number of aliphatic carboxylic acids is 1. The lowest BCUT2D eigenvalue weighted by Gasteiger charge is -2.28. The van der Waals surface area contributed by atoms with Gasteiger partial charge in [-0.2, -0.15) is 23.5 Å². The number of carbonyl (C=O) groups is 10. The first-order valence-corrected chi connectivity index (χ1v) is 28.4. The van der Waals surface area contributed by atoms with Gasteiger partial charge < -0.3 is 74.9 Å². The van der Waals surface area contributed by atoms with E-state index in [0.717, 1.165) is 0 Å². The molecule has 0 aromatic heterocycles. The van der Waals surface area contributed by atoms with Crippen LogP contribution in [-0.4, -0.2) is 178 Å². The van der Waals surface area contributed by atoms with Crippen molar-refractivity contribution in [3.63, 3.8) is 0 Å². The molecular formula is C49H81N13O12S3. The van der Waals surface area contributed by atoms with E-state index in [1.807, 2.05) is 41.5 Å². The van der Waals surface area contributed by atoms with Crippen LogP contribution in [-0.2, 0) is 59.1 Å². The van der Waals surface area contributed by atoms with Gasteiger partial charge in [0.1, 0.15) is 36.3 Å². The molecule has 1 aliphatic heterocycles. The molecule has 7 atom stereocenters. The van der Waals surface area contributed by atoms with Crippen molar-refractivity contribution in [3.05, 3.63) is 35.9 Å². The topological polar surface area (TPSA) is 399 Å². The molecule has 28 heteroatoms. The maximum atomic E-state index is 14.6. The Morgan fingerprint density at radius 3 is 2.00 bits per heavy atom. The number of hydrogen-bond donors (Lipinski definition) is 13. The van der Waals surface area contributed by atoms with Gasteiger partial charge in [0.05, 0.1) is 25.3 Å². The Morgan fingerprint density at radius 1 is 0.766 bits per heavy atom. The number of aliphatic imine (C=N–C) groups is 1. The van der Waals surface area contributed by atoms with Gasteiger partial charge in [0.15, 0.2) is 11.3 Å². The average Bonchev–Trinajstić information content (AvgIpc) is 3.34.